The second kappa shape index (κ2) is 5.48. The van der Waals surface area contributed by atoms with Crippen LogP contribution in [-0.4, -0.2) is 22.0 Å². The van der Waals surface area contributed by atoms with Crippen molar-refractivity contribution in [3.8, 4) is 0 Å². The van der Waals surface area contributed by atoms with Crippen LogP contribution in [0.3, 0.4) is 0 Å². The van der Waals surface area contributed by atoms with Crippen molar-refractivity contribution in [3.05, 3.63) is 59.8 Å². The van der Waals surface area contributed by atoms with Gasteiger partial charge in [-0.3, -0.25) is 4.98 Å². The van der Waals surface area contributed by atoms with E-state index in [1.807, 2.05) is 32.4 Å². The fourth-order valence-electron chi connectivity index (χ4n) is 2.56. The van der Waals surface area contributed by atoms with Crippen LogP contribution in [-0.2, 0) is 6.54 Å². The van der Waals surface area contributed by atoms with Crippen molar-refractivity contribution < 1.29 is 0 Å². The minimum atomic E-state index is 0.796. The quantitative estimate of drug-likeness (QED) is 0.737. The molecule has 0 saturated carbocycles. The molecule has 0 aliphatic heterocycles. The van der Waals surface area contributed by atoms with Crippen LogP contribution in [0.25, 0.3) is 10.8 Å². The van der Waals surface area contributed by atoms with Gasteiger partial charge in [-0.1, -0.05) is 18.2 Å². The van der Waals surface area contributed by atoms with E-state index in [1.54, 1.807) is 0 Å². The summed E-state index contributed by atoms with van der Waals surface area (Å²) < 4.78 is 0. The first-order valence-electron chi connectivity index (χ1n) is 6.98. The average Bonchev–Trinajstić information content (AvgIpc) is 2.50. The molecule has 0 N–H and O–H groups in total. The van der Waals surface area contributed by atoms with Crippen molar-refractivity contribution >= 4 is 16.6 Å². The Balaban J connectivity index is 1.96. The Kier molecular flexibility index (Phi) is 3.52. The molecule has 0 fully saturated rings. The molecule has 3 aromatic rings. The summed E-state index contributed by atoms with van der Waals surface area (Å²) in [5.74, 6) is 1.78. The third-order valence-electron chi connectivity index (χ3n) is 3.61. The number of fused-ring (bicyclic) bond motifs is 1. The maximum absolute atomic E-state index is 4.55. The van der Waals surface area contributed by atoms with Crippen LogP contribution in [0, 0.1) is 13.8 Å². The van der Waals surface area contributed by atoms with Crippen LogP contribution in [0.15, 0.2) is 42.9 Å². The highest BCUT2D eigenvalue weighted by atomic mass is 15.2. The Labute approximate surface area is 124 Å². The zero-order valence-electron chi connectivity index (χ0n) is 12.5. The van der Waals surface area contributed by atoms with Gasteiger partial charge in [0.05, 0.1) is 0 Å². The van der Waals surface area contributed by atoms with E-state index in [1.165, 1.54) is 16.3 Å². The molecule has 106 valence electrons. The number of anilines is 1. The first kappa shape index (κ1) is 13.5. The molecule has 0 aliphatic rings. The van der Waals surface area contributed by atoms with Gasteiger partial charge >= 0.3 is 0 Å². The zero-order chi connectivity index (χ0) is 14.8. The first-order valence-corrected chi connectivity index (χ1v) is 6.98. The Hall–Kier alpha value is -2.49. The summed E-state index contributed by atoms with van der Waals surface area (Å²) in [5, 5.41) is 2.40. The molecular formula is C17H18N4. The zero-order valence-corrected chi connectivity index (χ0v) is 12.5. The van der Waals surface area contributed by atoms with E-state index in [2.05, 4.69) is 51.2 Å². The molecule has 0 bridgehead atoms. The molecular weight excluding hydrogens is 260 g/mol. The fourth-order valence-corrected chi connectivity index (χ4v) is 2.56. The van der Waals surface area contributed by atoms with Crippen LogP contribution in [0.1, 0.15) is 17.0 Å². The van der Waals surface area contributed by atoms with Gasteiger partial charge in [-0.2, -0.15) is 0 Å². The van der Waals surface area contributed by atoms with Crippen LogP contribution in [0.2, 0.25) is 0 Å². The lowest BCUT2D eigenvalue weighted by atomic mass is 10.1. The number of hydrogen-bond donors (Lipinski definition) is 0. The summed E-state index contributed by atoms with van der Waals surface area (Å²) >= 11 is 0. The molecule has 1 aromatic carbocycles. The van der Waals surface area contributed by atoms with Gasteiger partial charge in [-0.15, -0.1) is 0 Å². The highest BCUT2D eigenvalue weighted by molar-refractivity contribution is 5.85. The summed E-state index contributed by atoms with van der Waals surface area (Å²) in [6, 6.07) is 8.38. The molecule has 0 unspecified atom stereocenters. The maximum atomic E-state index is 4.55. The smallest absolute Gasteiger partial charge is 0.135 e. The molecule has 0 aliphatic carbocycles. The first-order chi connectivity index (χ1) is 10.1. The lowest BCUT2D eigenvalue weighted by Gasteiger charge is -2.21. The van der Waals surface area contributed by atoms with Crippen LogP contribution < -0.4 is 4.90 Å². The second-order valence-electron chi connectivity index (χ2n) is 5.29. The van der Waals surface area contributed by atoms with Gasteiger partial charge in [0.2, 0.25) is 0 Å². The van der Waals surface area contributed by atoms with E-state index in [4.69, 9.17) is 0 Å². The number of hydrogen-bond acceptors (Lipinski definition) is 4. The number of aromatic nitrogens is 3. The maximum Gasteiger partial charge on any atom is 0.135 e. The van der Waals surface area contributed by atoms with Crippen molar-refractivity contribution in [1.82, 2.24) is 15.0 Å². The van der Waals surface area contributed by atoms with E-state index in [0.29, 0.717) is 0 Å². The lowest BCUT2D eigenvalue weighted by molar-refractivity contribution is 0.874. The molecule has 4 heteroatoms. The van der Waals surface area contributed by atoms with Crippen LogP contribution in [0.5, 0.6) is 0 Å². The Morgan fingerprint density at radius 3 is 2.81 bits per heavy atom. The van der Waals surface area contributed by atoms with Crippen molar-refractivity contribution in [3.63, 3.8) is 0 Å². The largest absolute Gasteiger partial charge is 0.355 e. The number of rotatable bonds is 3. The second-order valence-corrected chi connectivity index (χ2v) is 5.29. The molecule has 0 spiro atoms. The summed E-state index contributed by atoms with van der Waals surface area (Å²) in [7, 11) is 2.06. The van der Waals surface area contributed by atoms with Crippen molar-refractivity contribution in [1.29, 1.82) is 0 Å². The Bertz CT molecular complexity index is 777. The number of pyridine rings is 1. The van der Waals surface area contributed by atoms with Crippen molar-refractivity contribution in [2.45, 2.75) is 20.4 Å². The van der Waals surface area contributed by atoms with E-state index in [-0.39, 0.29) is 0 Å². The minimum absolute atomic E-state index is 0.796. The van der Waals surface area contributed by atoms with Crippen LogP contribution in [0.4, 0.5) is 5.82 Å². The third-order valence-corrected chi connectivity index (χ3v) is 3.61. The Morgan fingerprint density at radius 1 is 1.10 bits per heavy atom. The molecule has 2 heterocycles. The normalized spacial score (nSPS) is 10.8. The molecule has 4 nitrogen and oxygen atoms in total. The van der Waals surface area contributed by atoms with E-state index < -0.39 is 0 Å². The molecule has 0 radical (unpaired) electrons. The number of benzene rings is 1. The molecule has 0 saturated heterocycles. The van der Waals surface area contributed by atoms with Crippen molar-refractivity contribution in [2.75, 3.05) is 11.9 Å². The van der Waals surface area contributed by atoms with Gasteiger partial charge in [0.25, 0.3) is 0 Å². The van der Waals surface area contributed by atoms with Crippen LogP contribution >= 0.6 is 0 Å². The molecule has 21 heavy (non-hydrogen) atoms. The van der Waals surface area contributed by atoms with E-state index in [0.717, 1.165) is 23.8 Å². The molecule has 0 atom stereocenters. The summed E-state index contributed by atoms with van der Waals surface area (Å²) in [4.78, 5) is 15.1. The Morgan fingerprint density at radius 2 is 1.95 bits per heavy atom. The average molecular weight is 278 g/mol. The highest BCUT2D eigenvalue weighted by Crippen LogP contribution is 2.22. The van der Waals surface area contributed by atoms with Gasteiger partial charge in [-0.25, -0.2) is 9.97 Å². The van der Waals surface area contributed by atoms with Gasteiger partial charge in [-0.05, 0) is 30.9 Å². The monoisotopic (exact) mass is 278 g/mol. The topological polar surface area (TPSA) is 41.9 Å². The molecule has 2 aromatic heterocycles. The van der Waals surface area contributed by atoms with Crippen molar-refractivity contribution in [2.24, 2.45) is 0 Å². The fraction of sp³-hybridized carbons (Fsp3) is 0.235. The highest BCUT2D eigenvalue weighted by Gasteiger charge is 2.10. The summed E-state index contributed by atoms with van der Waals surface area (Å²) in [5.41, 5.74) is 2.36. The molecule has 0 amide bonds. The van der Waals surface area contributed by atoms with Gasteiger partial charge < -0.3 is 4.90 Å². The van der Waals surface area contributed by atoms with Gasteiger partial charge in [0.1, 0.15) is 11.6 Å². The SMILES string of the molecule is Cc1ncc(C)c(N(C)Cc2cccc3cnccc23)n1. The minimum Gasteiger partial charge on any atom is -0.355 e. The number of aryl methyl sites for hydroxylation is 2. The van der Waals surface area contributed by atoms with E-state index >= 15 is 0 Å². The van der Waals surface area contributed by atoms with E-state index in [9.17, 15) is 0 Å². The standard InChI is InChI=1S/C17H18N4/c1-12-9-19-13(2)20-17(12)21(3)11-15-6-4-5-14-10-18-8-7-16(14)15/h4-10H,11H2,1-3H3. The third kappa shape index (κ3) is 2.70. The summed E-state index contributed by atoms with van der Waals surface area (Å²) in [6.07, 6.45) is 5.62. The predicted molar refractivity (Wildman–Crippen MR) is 85.4 cm³/mol. The van der Waals surface area contributed by atoms with Gasteiger partial charge in [0, 0.05) is 43.1 Å². The van der Waals surface area contributed by atoms with Gasteiger partial charge in [0.15, 0.2) is 0 Å². The predicted octanol–water partition coefficient (Wildman–Crippen LogP) is 3.28. The molecule has 3 rings (SSSR count). The lowest BCUT2D eigenvalue weighted by Crippen LogP contribution is -2.19. The number of nitrogens with zero attached hydrogens (tertiary/aromatic N) is 4. The summed E-state index contributed by atoms with van der Waals surface area (Å²) in [6.45, 7) is 4.76.